The second-order valence-corrected chi connectivity index (χ2v) is 6.09. The molecule has 0 bridgehead atoms. The van der Waals surface area contributed by atoms with Gasteiger partial charge in [0.15, 0.2) is 6.23 Å². The van der Waals surface area contributed by atoms with Crippen molar-refractivity contribution < 1.29 is 4.74 Å². The molecule has 1 aromatic carbocycles. The van der Waals surface area contributed by atoms with Gasteiger partial charge in [0.2, 0.25) is 4.73 Å². The first-order valence-corrected chi connectivity index (χ1v) is 8.37. The van der Waals surface area contributed by atoms with Crippen LogP contribution in [0.4, 0.5) is 0 Å². The van der Waals surface area contributed by atoms with Gasteiger partial charge in [-0.1, -0.05) is 37.3 Å². The molecule has 4 nitrogen and oxygen atoms in total. The second-order valence-electron chi connectivity index (χ2n) is 5.38. The number of ether oxygens (including phenoxy) is 1. The summed E-state index contributed by atoms with van der Waals surface area (Å²) in [5.74, 6) is 1.23. The van der Waals surface area contributed by atoms with Gasteiger partial charge in [0.1, 0.15) is 5.82 Å². The Morgan fingerprint density at radius 2 is 2.14 bits per heavy atom. The molecule has 0 N–H and O–H groups in total. The summed E-state index contributed by atoms with van der Waals surface area (Å²) in [6.45, 7) is 3.00. The summed E-state index contributed by atoms with van der Waals surface area (Å²) >= 11 is 3.42. The van der Waals surface area contributed by atoms with Crippen LogP contribution in [0.3, 0.4) is 0 Å². The fourth-order valence-corrected chi connectivity index (χ4v) is 3.28. The van der Waals surface area contributed by atoms with Gasteiger partial charge >= 0.3 is 0 Å². The maximum atomic E-state index is 5.89. The third kappa shape index (κ3) is 3.19. The van der Waals surface area contributed by atoms with Crippen molar-refractivity contribution in [3.05, 3.63) is 46.5 Å². The monoisotopic (exact) mass is 349 g/mol. The molecule has 5 heteroatoms. The Hall–Kier alpha value is -1.20. The number of hydrogen-bond donors (Lipinski definition) is 0. The quantitative estimate of drug-likeness (QED) is 0.826. The first-order valence-electron chi connectivity index (χ1n) is 7.58. The second kappa shape index (κ2) is 6.71. The average molecular weight is 350 g/mol. The molecule has 1 fully saturated rings. The number of hydrogen-bond acceptors (Lipinski definition) is 3. The molecular formula is C16H20BrN3O. The Bertz CT molecular complexity index is 578. The van der Waals surface area contributed by atoms with Crippen LogP contribution in [0, 0.1) is 0 Å². The van der Waals surface area contributed by atoms with Crippen LogP contribution >= 0.6 is 15.9 Å². The molecule has 1 saturated heterocycles. The van der Waals surface area contributed by atoms with Crippen LogP contribution in [-0.4, -0.2) is 21.4 Å². The minimum absolute atomic E-state index is 0.0188. The van der Waals surface area contributed by atoms with Crippen LogP contribution < -0.4 is 0 Å². The number of rotatable bonds is 4. The van der Waals surface area contributed by atoms with Crippen molar-refractivity contribution in [2.75, 3.05) is 6.61 Å². The van der Waals surface area contributed by atoms with E-state index in [9.17, 15) is 0 Å². The molecule has 0 saturated carbocycles. The van der Waals surface area contributed by atoms with Gasteiger partial charge in [0.05, 0.1) is 0 Å². The van der Waals surface area contributed by atoms with Crippen molar-refractivity contribution in [3.8, 4) is 0 Å². The fourth-order valence-electron chi connectivity index (χ4n) is 2.93. The molecule has 1 aliphatic heterocycles. The van der Waals surface area contributed by atoms with Gasteiger partial charge in [-0.05, 0) is 47.2 Å². The number of halogens is 1. The summed E-state index contributed by atoms with van der Waals surface area (Å²) in [7, 11) is 0. The van der Waals surface area contributed by atoms with Crippen molar-refractivity contribution in [1.82, 2.24) is 14.8 Å². The van der Waals surface area contributed by atoms with Crippen molar-refractivity contribution in [2.45, 2.75) is 44.8 Å². The van der Waals surface area contributed by atoms with Crippen molar-refractivity contribution in [1.29, 1.82) is 0 Å². The minimum atomic E-state index is 0.0188. The van der Waals surface area contributed by atoms with Gasteiger partial charge in [-0.25, -0.2) is 9.67 Å². The maximum Gasteiger partial charge on any atom is 0.217 e. The Balaban J connectivity index is 1.96. The van der Waals surface area contributed by atoms with Crippen LogP contribution in [0.15, 0.2) is 35.1 Å². The molecule has 2 heterocycles. The zero-order valence-electron chi connectivity index (χ0n) is 12.2. The largest absolute Gasteiger partial charge is 0.356 e. The van der Waals surface area contributed by atoms with Crippen molar-refractivity contribution in [3.63, 3.8) is 0 Å². The molecule has 2 aromatic rings. The van der Waals surface area contributed by atoms with Crippen molar-refractivity contribution in [2.24, 2.45) is 0 Å². The Labute approximate surface area is 133 Å². The van der Waals surface area contributed by atoms with E-state index in [0.29, 0.717) is 4.73 Å². The third-order valence-electron chi connectivity index (χ3n) is 3.98. The lowest BCUT2D eigenvalue weighted by atomic mass is 9.95. The zero-order chi connectivity index (χ0) is 14.7. The van der Waals surface area contributed by atoms with Gasteiger partial charge < -0.3 is 4.74 Å². The van der Waals surface area contributed by atoms with E-state index in [0.717, 1.165) is 31.7 Å². The molecule has 1 aliphatic rings. The summed E-state index contributed by atoms with van der Waals surface area (Å²) in [5.41, 5.74) is 1.27. The topological polar surface area (TPSA) is 39.9 Å². The molecule has 2 atom stereocenters. The molecule has 0 radical (unpaired) electrons. The molecule has 0 aliphatic carbocycles. The number of aromatic nitrogens is 3. The smallest absolute Gasteiger partial charge is 0.217 e. The van der Waals surface area contributed by atoms with E-state index in [4.69, 9.17) is 4.74 Å². The standard InChI is InChI=1S/C16H20BrN3O/c1-2-13(12-8-4-3-5-9-12)15-18-16(17)19-20(15)14-10-6-7-11-21-14/h3-5,8-9,13-14H,2,6-7,10-11H2,1H3. The van der Waals surface area contributed by atoms with Crippen LogP contribution in [-0.2, 0) is 4.74 Å². The Kier molecular flexibility index (Phi) is 4.70. The molecular weight excluding hydrogens is 330 g/mol. The molecule has 112 valence electrons. The summed E-state index contributed by atoms with van der Waals surface area (Å²) < 4.78 is 8.50. The first kappa shape index (κ1) is 14.7. The Morgan fingerprint density at radius 3 is 2.81 bits per heavy atom. The average Bonchev–Trinajstić information content (AvgIpc) is 2.92. The highest BCUT2D eigenvalue weighted by Crippen LogP contribution is 2.31. The zero-order valence-corrected chi connectivity index (χ0v) is 13.8. The van der Waals surface area contributed by atoms with Crippen molar-refractivity contribution >= 4 is 15.9 Å². The van der Waals surface area contributed by atoms with E-state index in [1.165, 1.54) is 12.0 Å². The number of benzene rings is 1. The van der Waals surface area contributed by atoms with E-state index >= 15 is 0 Å². The lowest BCUT2D eigenvalue weighted by molar-refractivity contribution is -0.0419. The van der Waals surface area contributed by atoms with E-state index in [1.54, 1.807) is 0 Å². The number of nitrogens with zero attached hydrogens (tertiary/aromatic N) is 3. The molecule has 0 amide bonds. The fraction of sp³-hybridized carbons (Fsp3) is 0.500. The van der Waals surface area contributed by atoms with E-state index in [1.807, 2.05) is 10.7 Å². The highest BCUT2D eigenvalue weighted by molar-refractivity contribution is 9.10. The van der Waals surface area contributed by atoms with E-state index in [2.05, 4.69) is 57.2 Å². The predicted octanol–water partition coefficient (Wildman–Crippen LogP) is 4.28. The van der Waals surface area contributed by atoms with Crippen LogP contribution in [0.25, 0.3) is 0 Å². The van der Waals surface area contributed by atoms with Gasteiger partial charge in [-0.2, -0.15) is 0 Å². The molecule has 2 unspecified atom stereocenters. The molecule has 3 rings (SSSR count). The van der Waals surface area contributed by atoms with E-state index in [-0.39, 0.29) is 12.1 Å². The summed E-state index contributed by atoms with van der Waals surface area (Å²) in [6.07, 6.45) is 4.34. The third-order valence-corrected chi connectivity index (χ3v) is 4.32. The van der Waals surface area contributed by atoms with Crippen LogP contribution in [0.2, 0.25) is 0 Å². The molecule has 0 spiro atoms. The summed E-state index contributed by atoms with van der Waals surface area (Å²) in [6, 6.07) is 10.5. The van der Waals surface area contributed by atoms with Gasteiger partial charge in [0.25, 0.3) is 0 Å². The summed E-state index contributed by atoms with van der Waals surface area (Å²) in [4.78, 5) is 4.62. The lowest BCUT2D eigenvalue weighted by Gasteiger charge is -2.25. The first-order chi connectivity index (χ1) is 10.3. The summed E-state index contributed by atoms with van der Waals surface area (Å²) in [5, 5.41) is 4.53. The highest BCUT2D eigenvalue weighted by atomic mass is 79.9. The maximum absolute atomic E-state index is 5.89. The predicted molar refractivity (Wildman–Crippen MR) is 85.1 cm³/mol. The van der Waals surface area contributed by atoms with Gasteiger partial charge in [0, 0.05) is 12.5 Å². The van der Waals surface area contributed by atoms with Crippen LogP contribution in [0.5, 0.6) is 0 Å². The molecule has 1 aromatic heterocycles. The van der Waals surface area contributed by atoms with Gasteiger partial charge in [-0.3, -0.25) is 0 Å². The Morgan fingerprint density at radius 1 is 1.33 bits per heavy atom. The highest BCUT2D eigenvalue weighted by Gasteiger charge is 2.26. The lowest BCUT2D eigenvalue weighted by Crippen LogP contribution is -2.22. The van der Waals surface area contributed by atoms with E-state index < -0.39 is 0 Å². The van der Waals surface area contributed by atoms with Crippen LogP contribution in [0.1, 0.15) is 56.1 Å². The SMILES string of the molecule is CCC(c1ccccc1)c1nc(Br)nn1C1CCCCO1. The normalized spacial score (nSPS) is 20.4. The van der Waals surface area contributed by atoms with Gasteiger partial charge in [-0.15, -0.1) is 5.10 Å². The molecule has 21 heavy (non-hydrogen) atoms. The minimum Gasteiger partial charge on any atom is -0.356 e.